The number of hydrogen-bond donors (Lipinski definition) is 2. The van der Waals surface area contributed by atoms with E-state index in [-0.39, 0.29) is 47.6 Å². The summed E-state index contributed by atoms with van der Waals surface area (Å²) in [6.07, 6.45) is -1.32. The summed E-state index contributed by atoms with van der Waals surface area (Å²) >= 11 is 0. The molecule has 1 unspecified atom stereocenters. The molecule has 1 aliphatic carbocycles. The van der Waals surface area contributed by atoms with Crippen LogP contribution in [0.4, 0.5) is 13.2 Å². The maximum Gasteiger partial charge on any atom is 0.471 e. The van der Waals surface area contributed by atoms with E-state index >= 15 is 0 Å². The Morgan fingerprint density at radius 1 is 1.21 bits per heavy atom. The number of alkyl halides is 3. The lowest BCUT2D eigenvalue weighted by molar-refractivity contribution is -0.159. The molecule has 1 aromatic carbocycles. The number of halogens is 3. The molecule has 2 fully saturated rings. The molecule has 0 radical (unpaired) electrons. The first-order valence-electron chi connectivity index (χ1n) is 11.1. The predicted molar refractivity (Wildman–Crippen MR) is 110 cm³/mol. The normalized spacial score (nSPS) is 24.8. The van der Waals surface area contributed by atoms with Gasteiger partial charge in [-0.15, -0.1) is 0 Å². The number of carbonyl (C=O) groups excluding carboxylic acids is 3. The molecule has 3 heterocycles. The Bertz CT molecular complexity index is 1150. The van der Waals surface area contributed by atoms with Crippen LogP contribution in [0, 0.1) is 5.92 Å². The summed E-state index contributed by atoms with van der Waals surface area (Å²) in [7, 11) is 0. The van der Waals surface area contributed by atoms with E-state index in [1.54, 1.807) is 17.0 Å². The second-order valence-corrected chi connectivity index (χ2v) is 8.90. The van der Waals surface area contributed by atoms with Crippen LogP contribution in [0.5, 0.6) is 0 Å². The molecule has 0 bridgehead atoms. The minimum absolute atomic E-state index is 0.148. The average molecular weight is 477 g/mol. The Hall–Kier alpha value is -3.44. The average Bonchev–Trinajstić information content (AvgIpc) is 3.53. The van der Waals surface area contributed by atoms with Crippen LogP contribution in [0.2, 0.25) is 0 Å². The first-order valence-corrected chi connectivity index (χ1v) is 11.1. The van der Waals surface area contributed by atoms with E-state index in [1.807, 2.05) is 0 Å². The number of amides is 3. The Kier molecular flexibility index (Phi) is 5.53. The molecule has 2 N–H and O–H groups in total. The zero-order chi connectivity index (χ0) is 24.0. The number of benzene rings is 1. The van der Waals surface area contributed by atoms with Crippen LogP contribution in [-0.4, -0.2) is 51.4 Å². The van der Waals surface area contributed by atoms with Crippen molar-refractivity contribution < 1.29 is 32.1 Å². The lowest BCUT2D eigenvalue weighted by Gasteiger charge is -2.38. The monoisotopic (exact) mass is 477 g/mol. The van der Waals surface area contributed by atoms with Crippen molar-refractivity contribution in [3.63, 3.8) is 0 Å². The third-order valence-corrected chi connectivity index (χ3v) is 6.67. The molecule has 5 rings (SSSR count). The van der Waals surface area contributed by atoms with E-state index in [9.17, 15) is 27.6 Å². The molecule has 0 spiro atoms. The van der Waals surface area contributed by atoms with Crippen molar-refractivity contribution in [3.05, 3.63) is 35.2 Å². The summed E-state index contributed by atoms with van der Waals surface area (Å²) in [6, 6.07) is 4.27. The zero-order valence-electron chi connectivity index (χ0n) is 18.0. The molecule has 3 amide bonds. The van der Waals surface area contributed by atoms with E-state index in [0.717, 1.165) is 31.2 Å². The van der Waals surface area contributed by atoms with Gasteiger partial charge in [-0.05, 0) is 24.5 Å². The van der Waals surface area contributed by atoms with Crippen molar-refractivity contribution in [1.82, 2.24) is 25.7 Å². The van der Waals surface area contributed by atoms with Crippen LogP contribution < -0.4 is 10.6 Å². The van der Waals surface area contributed by atoms with Crippen LogP contribution in [0.15, 0.2) is 22.7 Å². The van der Waals surface area contributed by atoms with E-state index in [0.29, 0.717) is 18.7 Å². The van der Waals surface area contributed by atoms with Gasteiger partial charge in [0.25, 0.3) is 5.91 Å². The highest BCUT2D eigenvalue weighted by Gasteiger charge is 2.41. The highest BCUT2D eigenvalue weighted by Crippen LogP contribution is 2.34. The van der Waals surface area contributed by atoms with E-state index in [1.165, 1.54) is 6.07 Å². The molecule has 2 aliphatic heterocycles. The van der Waals surface area contributed by atoms with E-state index in [4.69, 9.17) is 0 Å². The van der Waals surface area contributed by atoms with Crippen molar-refractivity contribution in [2.24, 2.45) is 5.92 Å². The number of rotatable bonds is 4. The smallest absolute Gasteiger partial charge is 0.355 e. The molecule has 9 nitrogen and oxygen atoms in total. The van der Waals surface area contributed by atoms with Gasteiger partial charge in [0, 0.05) is 36.7 Å². The van der Waals surface area contributed by atoms with Crippen LogP contribution in [0.1, 0.15) is 53.9 Å². The molecule has 34 heavy (non-hydrogen) atoms. The third-order valence-electron chi connectivity index (χ3n) is 6.67. The Morgan fingerprint density at radius 3 is 2.71 bits per heavy atom. The van der Waals surface area contributed by atoms with Crippen LogP contribution in [0.3, 0.4) is 0 Å². The summed E-state index contributed by atoms with van der Waals surface area (Å²) in [5.41, 5.74) is 1.37. The first-order chi connectivity index (χ1) is 16.2. The van der Waals surface area contributed by atoms with Crippen molar-refractivity contribution in [2.75, 3.05) is 6.54 Å². The Morgan fingerprint density at radius 2 is 2.00 bits per heavy atom. The number of carbonyl (C=O) groups is 3. The lowest BCUT2D eigenvalue weighted by Crippen LogP contribution is -2.54. The number of nitrogens with zero attached hydrogens (tertiary/aromatic N) is 3. The SMILES string of the molecule is O=C1CC(C(=O)N[C@@H]2CCCC[C@@H]2N2Cc3ccc(-c4noc(C(F)(F)F)n4)cc3C2=O)CN1. The van der Waals surface area contributed by atoms with Crippen LogP contribution >= 0.6 is 0 Å². The quantitative estimate of drug-likeness (QED) is 0.698. The Balaban J connectivity index is 1.33. The summed E-state index contributed by atoms with van der Waals surface area (Å²) in [5.74, 6) is -2.70. The predicted octanol–water partition coefficient (Wildman–Crippen LogP) is 2.27. The first kappa shape index (κ1) is 22.4. The number of hydrogen-bond acceptors (Lipinski definition) is 6. The number of nitrogens with one attached hydrogen (secondary N) is 2. The summed E-state index contributed by atoms with van der Waals surface area (Å²) in [5, 5.41) is 9.10. The van der Waals surface area contributed by atoms with Gasteiger partial charge >= 0.3 is 12.1 Å². The molecule has 12 heteroatoms. The largest absolute Gasteiger partial charge is 0.471 e. The van der Waals surface area contributed by atoms with Gasteiger partial charge < -0.3 is 20.1 Å². The second-order valence-electron chi connectivity index (χ2n) is 8.90. The summed E-state index contributed by atoms with van der Waals surface area (Å²) in [6.45, 7) is 0.653. The molecule has 1 saturated carbocycles. The molecular formula is C22H22F3N5O4. The topological polar surface area (TPSA) is 117 Å². The van der Waals surface area contributed by atoms with E-state index in [2.05, 4.69) is 25.3 Å². The Labute approximate surface area is 192 Å². The minimum Gasteiger partial charge on any atom is -0.355 e. The van der Waals surface area contributed by atoms with Crippen LogP contribution in [0.25, 0.3) is 11.4 Å². The maximum absolute atomic E-state index is 13.3. The van der Waals surface area contributed by atoms with Crippen molar-refractivity contribution in [2.45, 2.75) is 56.9 Å². The molecular weight excluding hydrogens is 455 g/mol. The van der Waals surface area contributed by atoms with Gasteiger partial charge in [-0.25, -0.2) is 0 Å². The highest BCUT2D eigenvalue weighted by molar-refractivity contribution is 5.99. The number of fused-ring (bicyclic) bond motifs is 1. The summed E-state index contributed by atoms with van der Waals surface area (Å²) in [4.78, 5) is 42.5. The molecule has 1 saturated heterocycles. The van der Waals surface area contributed by atoms with Gasteiger partial charge in [0.15, 0.2) is 0 Å². The maximum atomic E-state index is 13.3. The van der Waals surface area contributed by atoms with Crippen LogP contribution in [-0.2, 0) is 22.3 Å². The van der Waals surface area contributed by atoms with Gasteiger partial charge in [-0.3, -0.25) is 14.4 Å². The fraction of sp³-hybridized carbons (Fsp3) is 0.500. The van der Waals surface area contributed by atoms with Gasteiger partial charge in [0.1, 0.15) is 0 Å². The molecule has 1 aromatic heterocycles. The zero-order valence-corrected chi connectivity index (χ0v) is 18.0. The summed E-state index contributed by atoms with van der Waals surface area (Å²) < 4.78 is 42.7. The second kappa shape index (κ2) is 8.41. The van der Waals surface area contributed by atoms with Gasteiger partial charge in [0.2, 0.25) is 17.6 Å². The fourth-order valence-corrected chi connectivity index (χ4v) is 4.93. The lowest BCUT2D eigenvalue weighted by atomic mass is 9.88. The van der Waals surface area contributed by atoms with Gasteiger partial charge in [-0.2, -0.15) is 18.2 Å². The molecule has 180 valence electrons. The third kappa shape index (κ3) is 4.12. The molecule has 3 atom stereocenters. The standard InChI is InChI=1S/C22H22F3N5O4/c23-22(24,25)21-28-18(29-34-21)11-5-6-12-10-30(20(33)14(12)7-11)16-4-2-1-3-15(16)27-19(32)13-8-17(31)26-9-13/h5-7,13,15-16H,1-4,8-10H2,(H,26,31)(H,27,32)/t13?,15-,16+/m1/s1. The van der Waals surface area contributed by atoms with Crippen molar-refractivity contribution in [3.8, 4) is 11.4 Å². The van der Waals surface area contributed by atoms with Crippen molar-refractivity contribution in [1.29, 1.82) is 0 Å². The minimum atomic E-state index is -4.75. The fourth-order valence-electron chi connectivity index (χ4n) is 4.93. The van der Waals surface area contributed by atoms with E-state index < -0.39 is 18.0 Å². The highest BCUT2D eigenvalue weighted by atomic mass is 19.4. The number of aromatic nitrogens is 2. The molecule has 3 aliphatic rings. The van der Waals surface area contributed by atoms with Gasteiger partial charge in [-0.1, -0.05) is 30.1 Å². The molecule has 2 aromatic rings. The van der Waals surface area contributed by atoms with Crippen molar-refractivity contribution >= 4 is 17.7 Å². The van der Waals surface area contributed by atoms with Gasteiger partial charge in [0.05, 0.1) is 12.0 Å².